The zero-order valence-electron chi connectivity index (χ0n) is 26.8. The van der Waals surface area contributed by atoms with Crippen LogP contribution in [-0.4, -0.2) is 133 Å². The summed E-state index contributed by atoms with van der Waals surface area (Å²) in [5.74, 6) is -3.78. The van der Waals surface area contributed by atoms with Crippen molar-refractivity contribution in [2.45, 2.75) is 77.0 Å². The summed E-state index contributed by atoms with van der Waals surface area (Å²) < 4.78 is 0. The summed E-state index contributed by atoms with van der Waals surface area (Å²) in [4.78, 5) is 46.2. The molecule has 0 saturated carbocycles. The van der Waals surface area contributed by atoms with Crippen molar-refractivity contribution in [2.75, 3.05) is 78.5 Å². The van der Waals surface area contributed by atoms with Gasteiger partial charge in [-0.1, -0.05) is 0 Å². The van der Waals surface area contributed by atoms with Gasteiger partial charge in [-0.3, -0.25) is 19.2 Å². The van der Waals surface area contributed by atoms with Gasteiger partial charge < -0.3 is 64.6 Å². The van der Waals surface area contributed by atoms with Crippen molar-refractivity contribution in [3.05, 3.63) is 0 Å². The number of nitrogens with zero attached hydrogens (tertiary/aromatic N) is 2. The van der Waals surface area contributed by atoms with Gasteiger partial charge in [-0.25, -0.2) is 0 Å². The van der Waals surface area contributed by atoms with E-state index < -0.39 is 23.9 Å². The van der Waals surface area contributed by atoms with Crippen molar-refractivity contribution in [2.24, 2.45) is 34.4 Å². The first kappa shape index (κ1) is 48.5. The standard InChI is InChI=1S/C16H28N2O8.3C4H12N2/c19-13(20)3-9-17(10-4-14(21)22)7-1-2-8-18(11-5-15(23)24)12-6-16(25)26;3*5-3-1-2-4-6/h1-12H2,(H,19,20)(H,21,22)(H,23,24)(H,25,26);3*1-6H2. The number of carboxylic acids is 4. The Morgan fingerprint density at radius 1 is 0.341 bits per heavy atom. The predicted molar refractivity (Wildman–Crippen MR) is 173 cm³/mol. The van der Waals surface area contributed by atoms with E-state index in [1.54, 1.807) is 9.80 Å². The molecule has 0 rings (SSSR count). The molecule has 16 N–H and O–H groups in total. The molecule has 0 aliphatic rings. The Kier molecular flexibility index (Phi) is 44.7. The Balaban J connectivity index is -0.000000357. The number of aliphatic carboxylic acids is 4. The summed E-state index contributed by atoms with van der Waals surface area (Å²) in [5, 5.41) is 35.0. The summed E-state index contributed by atoms with van der Waals surface area (Å²) in [6.07, 6.45) is 7.48. The lowest BCUT2D eigenvalue weighted by molar-refractivity contribution is -0.139. The lowest BCUT2D eigenvalue weighted by Crippen LogP contribution is -2.32. The van der Waals surface area contributed by atoms with Crippen molar-refractivity contribution in [3.63, 3.8) is 0 Å². The smallest absolute Gasteiger partial charge is 0.304 e. The van der Waals surface area contributed by atoms with E-state index in [1.165, 1.54) is 0 Å². The molecule has 0 unspecified atom stereocenters. The van der Waals surface area contributed by atoms with Crippen LogP contribution in [0.5, 0.6) is 0 Å². The number of hydrogen-bond acceptors (Lipinski definition) is 12. The summed E-state index contributed by atoms with van der Waals surface area (Å²) in [7, 11) is 0. The molecule has 264 valence electrons. The average Bonchev–Trinajstić information content (AvgIpc) is 2.98. The second kappa shape index (κ2) is 40.6. The molecule has 0 heterocycles. The van der Waals surface area contributed by atoms with Crippen LogP contribution in [0.2, 0.25) is 0 Å². The van der Waals surface area contributed by atoms with Crippen molar-refractivity contribution in [1.82, 2.24) is 9.80 Å². The molecule has 0 aromatic rings. The molecular weight excluding hydrogens is 576 g/mol. The first-order chi connectivity index (χ1) is 20.9. The van der Waals surface area contributed by atoms with E-state index in [-0.39, 0.29) is 51.9 Å². The number of carbonyl (C=O) groups is 4. The highest BCUT2D eigenvalue weighted by Gasteiger charge is 2.12. The van der Waals surface area contributed by atoms with Crippen molar-refractivity contribution < 1.29 is 39.6 Å². The summed E-state index contributed by atoms with van der Waals surface area (Å²) in [6, 6.07) is 0. The van der Waals surface area contributed by atoms with Gasteiger partial charge in [-0.15, -0.1) is 0 Å². The number of rotatable bonds is 26. The molecule has 0 saturated heterocycles. The number of nitrogens with two attached hydrogens (primary N) is 6. The highest BCUT2D eigenvalue weighted by atomic mass is 16.4. The molecule has 0 aromatic carbocycles. The minimum atomic E-state index is -0.946. The van der Waals surface area contributed by atoms with Crippen LogP contribution in [0, 0.1) is 0 Å². The van der Waals surface area contributed by atoms with E-state index in [2.05, 4.69) is 0 Å². The van der Waals surface area contributed by atoms with Gasteiger partial charge in [0.15, 0.2) is 0 Å². The molecule has 0 aliphatic carbocycles. The minimum Gasteiger partial charge on any atom is -0.481 e. The van der Waals surface area contributed by atoms with E-state index >= 15 is 0 Å². The molecule has 16 heteroatoms. The monoisotopic (exact) mass is 640 g/mol. The summed E-state index contributed by atoms with van der Waals surface area (Å²) in [5.41, 5.74) is 31.0. The van der Waals surface area contributed by atoms with Crippen molar-refractivity contribution in [1.29, 1.82) is 0 Å². The van der Waals surface area contributed by atoms with Gasteiger partial charge in [0, 0.05) is 26.2 Å². The molecule has 44 heavy (non-hydrogen) atoms. The molecule has 0 atom stereocenters. The van der Waals surface area contributed by atoms with Gasteiger partial charge in [0.25, 0.3) is 0 Å². The third-order valence-corrected chi connectivity index (χ3v) is 5.74. The normalized spacial score (nSPS) is 10.2. The van der Waals surface area contributed by atoms with Crippen LogP contribution in [0.25, 0.3) is 0 Å². The number of carboxylic acid groups (broad SMARTS) is 4. The molecule has 0 radical (unpaired) electrons. The third-order valence-electron chi connectivity index (χ3n) is 5.74. The lowest BCUT2D eigenvalue weighted by atomic mass is 10.2. The Bertz CT molecular complexity index is 554. The van der Waals surface area contributed by atoms with Gasteiger partial charge in [0.05, 0.1) is 25.7 Å². The second-order valence-corrected chi connectivity index (χ2v) is 9.82. The highest BCUT2D eigenvalue weighted by Crippen LogP contribution is 2.03. The fourth-order valence-corrected chi connectivity index (χ4v) is 3.22. The summed E-state index contributed by atoms with van der Waals surface area (Å²) in [6.45, 7) is 6.79. The van der Waals surface area contributed by atoms with E-state index in [0.717, 1.165) is 77.8 Å². The van der Waals surface area contributed by atoms with Crippen molar-refractivity contribution >= 4 is 23.9 Å². The Labute approximate surface area is 263 Å². The van der Waals surface area contributed by atoms with Crippen LogP contribution in [0.15, 0.2) is 0 Å². The Hall–Kier alpha value is -2.44. The van der Waals surface area contributed by atoms with Crippen LogP contribution < -0.4 is 34.4 Å². The largest absolute Gasteiger partial charge is 0.481 e. The zero-order chi connectivity index (χ0) is 34.4. The van der Waals surface area contributed by atoms with Crippen LogP contribution in [-0.2, 0) is 19.2 Å². The first-order valence-corrected chi connectivity index (χ1v) is 15.5. The van der Waals surface area contributed by atoms with Crippen LogP contribution in [0.4, 0.5) is 0 Å². The van der Waals surface area contributed by atoms with Crippen molar-refractivity contribution in [3.8, 4) is 0 Å². The average molecular weight is 641 g/mol. The van der Waals surface area contributed by atoms with Gasteiger partial charge in [0.2, 0.25) is 0 Å². The lowest BCUT2D eigenvalue weighted by Gasteiger charge is -2.23. The first-order valence-electron chi connectivity index (χ1n) is 15.5. The van der Waals surface area contributed by atoms with E-state index in [9.17, 15) is 19.2 Å². The van der Waals surface area contributed by atoms with E-state index in [0.29, 0.717) is 25.9 Å². The molecule has 0 bridgehead atoms. The zero-order valence-corrected chi connectivity index (χ0v) is 26.8. The van der Waals surface area contributed by atoms with Gasteiger partial charge in [0.1, 0.15) is 0 Å². The number of unbranched alkanes of at least 4 members (excludes halogenated alkanes) is 4. The van der Waals surface area contributed by atoms with Crippen LogP contribution in [0.3, 0.4) is 0 Å². The molecule has 16 nitrogen and oxygen atoms in total. The third kappa shape index (κ3) is 52.2. The maximum absolute atomic E-state index is 10.7. The van der Waals surface area contributed by atoms with Crippen LogP contribution >= 0.6 is 0 Å². The summed E-state index contributed by atoms with van der Waals surface area (Å²) >= 11 is 0. The fourth-order valence-electron chi connectivity index (χ4n) is 3.22. The van der Waals surface area contributed by atoms with Gasteiger partial charge in [-0.05, 0) is 104 Å². The minimum absolute atomic E-state index is 0.0665. The fraction of sp³-hybridized carbons (Fsp3) is 0.857. The Morgan fingerprint density at radius 3 is 0.659 bits per heavy atom. The molecule has 0 fully saturated rings. The maximum atomic E-state index is 10.7. The van der Waals surface area contributed by atoms with E-state index in [4.69, 9.17) is 54.8 Å². The molecule has 0 spiro atoms. The quantitative estimate of drug-likeness (QED) is 0.0523. The van der Waals surface area contributed by atoms with Crippen LogP contribution in [0.1, 0.15) is 77.0 Å². The van der Waals surface area contributed by atoms with Gasteiger partial charge in [-0.2, -0.15) is 0 Å². The highest BCUT2D eigenvalue weighted by molar-refractivity contribution is 5.68. The molecule has 0 amide bonds. The molecule has 0 aliphatic heterocycles. The Morgan fingerprint density at radius 2 is 0.523 bits per heavy atom. The topological polar surface area (TPSA) is 312 Å². The number of hydrogen-bond donors (Lipinski definition) is 10. The molecule has 0 aromatic heterocycles. The maximum Gasteiger partial charge on any atom is 0.304 e. The van der Waals surface area contributed by atoms with E-state index in [1.807, 2.05) is 0 Å². The predicted octanol–water partition coefficient (Wildman–Crippen LogP) is -0.679. The second-order valence-electron chi connectivity index (χ2n) is 9.82. The SMILES string of the molecule is NCCCCN.NCCCCN.NCCCCN.O=C(O)CCN(CCCCN(CCC(=O)O)CCC(=O)O)CCC(=O)O. The van der Waals surface area contributed by atoms with Gasteiger partial charge >= 0.3 is 23.9 Å². The molecular formula is C28H64N8O8.